The van der Waals surface area contributed by atoms with E-state index in [4.69, 9.17) is 18.9 Å². The Morgan fingerprint density at radius 3 is 2.81 bits per heavy atom. The molecule has 0 spiro atoms. The van der Waals surface area contributed by atoms with Crippen molar-refractivity contribution >= 4 is 23.9 Å². The van der Waals surface area contributed by atoms with Crippen molar-refractivity contribution in [1.29, 1.82) is 0 Å². The van der Waals surface area contributed by atoms with Crippen molar-refractivity contribution in [2.75, 3.05) is 26.6 Å². The number of amides is 1. The summed E-state index contributed by atoms with van der Waals surface area (Å²) in [5.41, 5.74) is 0.745. The molecule has 1 amide bonds. The van der Waals surface area contributed by atoms with Crippen LogP contribution in [0, 0.1) is 0 Å². The normalized spacial score (nSPS) is 12.0. The van der Waals surface area contributed by atoms with Crippen molar-refractivity contribution in [3.05, 3.63) is 29.8 Å². The first kappa shape index (κ1) is 19.3. The van der Waals surface area contributed by atoms with E-state index in [-0.39, 0.29) is 25.8 Å². The van der Waals surface area contributed by atoms with Crippen LogP contribution in [0.2, 0.25) is 0 Å². The summed E-state index contributed by atoms with van der Waals surface area (Å²) in [7, 11) is 0. The van der Waals surface area contributed by atoms with E-state index in [1.54, 1.807) is 31.2 Å². The van der Waals surface area contributed by atoms with E-state index in [9.17, 15) is 14.4 Å². The molecule has 1 aromatic carbocycles. The van der Waals surface area contributed by atoms with Crippen LogP contribution in [-0.4, -0.2) is 44.4 Å². The van der Waals surface area contributed by atoms with Gasteiger partial charge in [0.25, 0.3) is 5.91 Å². The van der Waals surface area contributed by atoms with E-state index >= 15 is 0 Å². The lowest BCUT2D eigenvalue weighted by Crippen LogP contribution is -2.29. The molecule has 140 valence electrons. The van der Waals surface area contributed by atoms with Gasteiger partial charge in [-0.25, -0.2) is 4.79 Å². The molecule has 0 radical (unpaired) electrons. The van der Waals surface area contributed by atoms with Crippen molar-refractivity contribution in [2.24, 2.45) is 0 Å². The molecule has 0 saturated carbocycles. The van der Waals surface area contributed by atoms with Crippen molar-refractivity contribution in [3.63, 3.8) is 0 Å². The van der Waals surface area contributed by atoms with Crippen LogP contribution in [0.3, 0.4) is 0 Å². The Kier molecular flexibility index (Phi) is 7.48. The highest BCUT2D eigenvalue weighted by Gasteiger charge is 2.12. The van der Waals surface area contributed by atoms with E-state index < -0.39 is 11.9 Å². The number of hydrogen-bond donors (Lipinski definition) is 1. The fourth-order valence-corrected chi connectivity index (χ4v) is 2.11. The van der Waals surface area contributed by atoms with Crippen molar-refractivity contribution in [3.8, 4) is 11.5 Å². The molecule has 0 bridgehead atoms. The van der Waals surface area contributed by atoms with Crippen LogP contribution in [0.4, 0.5) is 0 Å². The van der Waals surface area contributed by atoms with E-state index in [0.717, 1.165) is 5.56 Å². The maximum absolute atomic E-state index is 11.6. The number of carbonyl (C=O) groups is 3. The van der Waals surface area contributed by atoms with Crippen LogP contribution >= 0.6 is 0 Å². The van der Waals surface area contributed by atoms with Gasteiger partial charge >= 0.3 is 11.9 Å². The molecular weight excluding hydrogens is 342 g/mol. The predicted octanol–water partition coefficient (Wildman–Crippen LogP) is 1.43. The minimum atomic E-state index is -0.635. The van der Waals surface area contributed by atoms with Gasteiger partial charge in [-0.1, -0.05) is 6.07 Å². The highest BCUT2D eigenvalue weighted by atomic mass is 16.7. The summed E-state index contributed by atoms with van der Waals surface area (Å²) in [6.45, 7) is 2.17. The van der Waals surface area contributed by atoms with Crippen LogP contribution < -0.4 is 14.8 Å². The second-order valence-corrected chi connectivity index (χ2v) is 5.31. The minimum Gasteiger partial charge on any atom is -0.466 e. The van der Waals surface area contributed by atoms with Gasteiger partial charge in [0.05, 0.1) is 6.61 Å². The Bertz CT molecular complexity index is 684. The third-order valence-electron chi connectivity index (χ3n) is 3.34. The largest absolute Gasteiger partial charge is 0.466 e. The van der Waals surface area contributed by atoms with Gasteiger partial charge in [0, 0.05) is 19.0 Å². The number of rotatable bonds is 9. The number of nitrogens with one attached hydrogen (secondary N) is 1. The first-order chi connectivity index (χ1) is 12.6. The number of benzene rings is 1. The van der Waals surface area contributed by atoms with Crippen molar-refractivity contribution < 1.29 is 33.3 Å². The zero-order chi connectivity index (χ0) is 18.8. The van der Waals surface area contributed by atoms with Gasteiger partial charge in [-0.3, -0.25) is 9.59 Å². The summed E-state index contributed by atoms with van der Waals surface area (Å²) >= 11 is 0. The third-order valence-corrected chi connectivity index (χ3v) is 3.34. The Hall–Kier alpha value is -3.03. The molecule has 1 aliphatic heterocycles. The van der Waals surface area contributed by atoms with Gasteiger partial charge in [-0.15, -0.1) is 0 Å². The molecule has 8 heteroatoms. The summed E-state index contributed by atoms with van der Waals surface area (Å²) in [5, 5.41) is 2.56. The van der Waals surface area contributed by atoms with Crippen molar-refractivity contribution in [2.45, 2.75) is 19.8 Å². The number of ether oxygens (including phenoxy) is 4. The van der Waals surface area contributed by atoms with Gasteiger partial charge in [-0.2, -0.15) is 0 Å². The maximum atomic E-state index is 11.6. The second kappa shape index (κ2) is 10.1. The fourth-order valence-electron chi connectivity index (χ4n) is 2.11. The molecular formula is C18H21NO7. The number of fused-ring (bicyclic) bond motifs is 1. The van der Waals surface area contributed by atoms with E-state index in [0.29, 0.717) is 31.1 Å². The molecule has 2 rings (SSSR count). The van der Waals surface area contributed by atoms with Gasteiger partial charge in [0.15, 0.2) is 18.1 Å². The first-order valence-corrected chi connectivity index (χ1v) is 8.25. The van der Waals surface area contributed by atoms with Crippen LogP contribution in [0.5, 0.6) is 11.5 Å². The van der Waals surface area contributed by atoms with Crippen LogP contribution in [-0.2, 0) is 23.9 Å². The second-order valence-electron chi connectivity index (χ2n) is 5.31. The standard InChI is InChI=1S/C18H21NO7/c1-2-23-17(21)4-3-9-19-16(20)11-24-18(22)8-6-13-5-7-14-15(10-13)26-12-25-14/h5-8,10H,2-4,9,11-12H2,1H3,(H,19,20). The Labute approximate surface area is 151 Å². The molecule has 8 nitrogen and oxygen atoms in total. The molecule has 1 aromatic rings. The van der Waals surface area contributed by atoms with Gasteiger partial charge in [-0.05, 0) is 37.1 Å². The van der Waals surface area contributed by atoms with Crippen LogP contribution in [0.25, 0.3) is 6.08 Å². The predicted molar refractivity (Wildman–Crippen MR) is 91.4 cm³/mol. The quantitative estimate of drug-likeness (QED) is 0.402. The summed E-state index contributed by atoms with van der Waals surface area (Å²) in [4.78, 5) is 34.3. The molecule has 0 saturated heterocycles. The SMILES string of the molecule is CCOC(=O)CCCNC(=O)COC(=O)C=Cc1ccc2c(c1)OCO2. The molecule has 1 aliphatic rings. The average Bonchev–Trinajstić information content (AvgIpc) is 3.10. The summed E-state index contributed by atoms with van der Waals surface area (Å²) < 4.78 is 20.1. The zero-order valence-corrected chi connectivity index (χ0v) is 14.5. The molecule has 0 fully saturated rings. The van der Waals surface area contributed by atoms with Gasteiger partial charge < -0.3 is 24.3 Å². The maximum Gasteiger partial charge on any atom is 0.331 e. The van der Waals surface area contributed by atoms with Gasteiger partial charge in [0.2, 0.25) is 6.79 Å². The number of carbonyl (C=O) groups excluding carboxylic acids is 3. The fraction of sp³-hybridized carbons (Fsp3) is 0.389. The Morgan fingerprint density at radius 1 is 1.19 bits per heavy atom. The smallest absolute Gasteiger partial charge is 0.331 e. The lowest BCUT2D eigenvalue weighted by atomic mass is 10.2. The minimum absolute atomic E-state index is 0.180. The Morgan fingerprint density at radius 2 is 2.00 bits per heavy atom. The molecule has 1 N–H and O–H groups in total. The number of esters is 2. The Balaban J connectivity index is 1.63. The topological polar surface area (TPSA) is 100 Å². The zero-order valence-electron chi connectivity index (χ0n) is 14.5. The van der Waals surface area contributed by atoms with Crippen molar-refractivity contribution in [1.82, 2.24) is 5.32 Å². The molecule has 0 atom stereocenters. The summed E-state index contributed by atoms with van der Waals surface area (Å²) in [6.07, 6.45) is 3.47. The summed E-state index contributed by atoms with van der Waals surface area (Å²) in [5.74, 6) is -0.100. The van der Waals surface area contributed by atoms with Crippen LogP contribution in [0.1, 0.15) is 25.3 Å². The van der Waals surface area contributed by atoms with E-state index in [2.05, 4.69) is 5.32 Å². The molecule has 0 aliphatic carbocycles. The molecule has 26 heavy (non-hydrogen) atoms. The third kappa shape index (κ3) is 6.46. The lowest BCUT2D eigenvalue weighted by molar-refractivity contribution is -0.143. The molecule has 0 aromatic heterocycles. The summed E-state index contributed by atoms with van der Waals surface area (Å²) in [6, 6.07) is 5.26. The van der Waals surface area contributed by atoms with E-state index in [1.165, 1.54) is 6.08 Å². The highest BCUT2D eigenvalue weighted by Crippen LogP contribution is 2.32. The van der Waals surface area contributed by atoms with E-state index in [1.807, 2.05) is 0 Å². The molecule has 0 unspecified atom stereocenters. The number of hydrogen-bond acceptors (Lipinski definition) is 7. The van der Waals surface area contributed by atoms with Crippen LogP contribution in [0.15, 0.2) is 24.3 Å². The lowest BCUT2D eigenvalue weighted by Gasteiger charge is -2.05. The van der Waals surface area contributed by atoms with Gasteiger partial charge in [0.1, 0.15) is 0 Å². The monoisotopic (exact) mass is 363 g/mol. The average molecular weight is 363 g/mol. The first-order valence-electron chi connectivity index (χ1n) is 8.25. The molecule has 1 heterocycles. The highest BCUT2D eigenvalue weighted by molar-refractivity contribution is 5.89.